The lowest BCUT2D eigenvalue weighted by Crippen LogP contribution is -2.28. The molecule has 0 aliphatic carbocycles. The highest BCUT2D eigenvalue weighted by Gasteiger charge is 2.22. The molecule has 1 saturated heterocycles. The number of ether oxygens (including phenoxy) is 1. The summed E-state index contributed by atoms with van der Waals surface area (Å²) in [6.07, 6.45) is 3.24. The van der Waals surface area contributed by atoms with Crippen molar-refractivity contribution in [1.82, 2.24) is 15.1 Å². The molecule has 3 aromatic carbocycles. The molecular weight excluding hydrogens is 459 g/mol. The van der Waals surface area contributed by atoms with Crippen molar-refractivity contribution in [3.63, 3.8) is 0 Å². The number of carbonyl (C=O) groups is 2. The van der Waals surface area contributed by atoms with Gasteiger partial charge in [-0.1, -0.05) is 24.3 Å². The first-order valence-corrected chi connectivity index (χ1v) is 11.8. The summed E-state index contributed by atoms with van der Waals surface area (Å²) < 4.78 is 20.9. The zero-order valence-electron chi connectivity index (χ0n) is 19.6. The summed E-state index contributed by atoms with van der Waals surface area (Å²) in [5.41, 5.74) is 3.84. The molecule has 8 heteroatoms. The van der Waals surface area contributed by atoms with Crippen LogP contribution in [0.2, 0.25) is 0 Å². The number of halogens is 1. The van der Waals surface area contributed by atoms with Gasteiger partial charge in [0.1, 0.15) is 11.6 Å². The molecule has 1 fully saturated rings. The zero-order chi connectivity index (χ0) is 24.9. The lowest BCUT2D eigenvalue weighted by atomic mass is 10.1. The molecule has 1 N–H and O–H groups in total. The summed E-state index contributed by atoms with van der Waals surface area (Å²) >= 11 is 0. The van der Waals surface area contributed by atoms with Gasteiger partial charge < -0.3 is 15.0 Å². The molecule has 0 atom stereocenters. The molecule has 0 saturated carbocycles. The van der Waals surface area contributed by atoms with Gasteiger partial charge in [-0.15, -0.1) is 0 Å². The Labute approximate surface area is 208 Å². The molecule has 1 aliphatic rings. The topological polar surface area (TPSA) is 76.5 Å². The third kappa shape index (κ3) is 5.27. The van der Waals surface area contributed by atoms with Crippen molar-refractivity contribution in [2.45, 2.75) is 19.4 Å². The molecule has 0 bridgehead atoms. The summed E-state index contributed by atoms with van der Waals surface area (Å²) in [7, 11) is 0. The largest absolute Gasteiger partial charge is 0.484 e. The minimum Gasteiger partial charge on any atom is -0.484 e. The van der Waals surface area contributed by atoms with Crippen LogP contribution in [0.3, 0.4) is 0 Å². The number of para-hydroxylation sites is 1. The van der Waals surface area contributed by atoms with Crippen molar-refractivity contribution in [2.24, 2.45) is 0 Å². The number of anilines is 1. The van der Waals surface area contributed by atoms with Gasteiger partial charge in [0, 0.05) is 48.6 Å². The molecule has 2 amide bonds. The molecule has 1 aromatic heterocycles. The van der Waals surface area contributed by atoms with Crippen molar-refractivity contribution in [3.05, 3.63) is 96.4 Å². The van der Waals surface area contributed by atoms with Crippen molar-refractivity contribution < 1.29 is 18.7 Å². The van der Waals surface area contributed by atoms with Crippen LogP contribution in [0.15, 0.2) is 85.1 Å². The number of amides is 2. The lowest BCUT2D eigenvalue weighted by molar-refractivity contribution is -0.123. The molecule has 0 spiro atoms. The van der Waals surface area contributed by atoms with Crippen LogP contribution < -0.4 is 15.0 Å². The van der Waals surface area contributed by atoms with E-state index in [1.807, 2.05) is 42.6 Å². The number of nitrogens with zero attached hydrogens (tertiary/aromatic N) is 3. The van der Waals surface area contributed by atoms with E-state index >= 15 is 0 Å². The maximum Gasteiger partial charge on any atom is 0.258 e. The SMILES string of the molecule is O=C(COc1cccc(N2CCCC2=O)c1)NCc1cn(-c2ccccc2)nc1-c1ccc(F)cc1. The standard InChI is InChI=1S/C28H25FN4O3/c29-22-13-11-20(12-14-22)28-21(18-33(31-28)23-6-2-1-3-7-23)17-30-26(34)19-36-25-9-4-8-24(16-25)32-15-5-10-27(32)35/h1-4,6-9,11-14,16,18H,5,10,15,17,19H2,(H,30,34). The van der Waals surface area contributed by atoms with E-state index < -0.39 is 0 Å². The minimum atomic E-state index is -0.327. The van der Waals surface area contributed by atoms with E-state index in [-0.39, 0.29) is 30.8 Å². The Morgan fingerprint density at radius 3 is 2.53 bits per heavy atom. The normalized spacial score (nSPS) is 13.1. The van der Waals surface area contributed by atoms with E-state index in [1.165, 1.54) is 12.1 Å². The molecule has 2 heterocycles. The van der Waals surface area contributed by atoms with Gasteiger partial charge in [0.05, 0.1) is 11.4 Å². The molecule has 7 nitrogen and oxygen atoms in total. The van der Waals surface area contributed by atoms with Crippen LogP contribution >= 0.6 is 0 Å². The molecule has 1 aliphatic heterocycles. The van der Waals surface area contributed by atoms with Gasteiger partial charge >= 0.3 is 0 Å². The Morgan fingerprint density at radius 2 is 1.78 bits per heavy atom. The van der Waals surface area contributed by atoms with Gasteiger partial charge in [-0.05, 0) is 55.0 Å². The molecule has 0 radical (unpaired) electrons. The van der Waals surface area contributed by atoms with E-state index in [0.717, 1.165) is 28.9 Å². The Balaban J connectivity index is 1.26. The van der Waals surface area contributed by atoms with Gasteiger partial charge in [0.25, 0.3) is 5.91 Å². The van der Waals surface area contributed by atoms with E-state index in [4.69, 9.17) is 4.74 Å². The number of rotatable bonds is 8. The first-order valence-electron chi connectivity index (χ1n) is 11.8. The second-order valence-electron chi connectivity index (χ2n) is 8.50. The van der Waals surface area contributed by atoms with Gasteiger partial charge in [-0.2, -0.15) is 5.10 Å². The van der Waals surface area contributed by atoms with Crippen LogP contribution in [0.1, 0.15) is 18.4 Å². The average molecular weight is 485 g/mol. The van der Waals surface area contributed by atoms with Gasteiger partial charge in [-0.3, -0.25) is 9.59 Å². The highest BCUT2D eigenvalue weighted by atomic mass is 19.1. The highest BCUT2D eigenvalue weighted by molar-refractivity contribution is 5.95. The fourth-order valence-electron chi connectivity index (χ4n) is 4.16. The maximum absolute atomic E-state index is 13.5. The summed E-state index contributed by atoms with van der Waals surface area (Å²) in [5.74, 6) is -0.00858. The van der Waals surface area contributed by atoms with Crippen LogP contribution in [-0.4, -0.2) is 34.7 Å². The number of nitrogens with one attached hydrogen (secondary N) is 1. The van der Waals surface area contributed by atoms with E-state index in [1.54, 1.807) is 39.9 Å². The monoisotopic (exact) mass is 484 g/mol. The van der Waals surface area contributed by atoms with Crippen LogP contribution in [-0.2, 0) is 16.1 Å². The predicted octanol–water partition coefficient (Wildman–Crippen LogP) is 4.50. The molecule has 182 valence electrons. The number of hydrogen-bond donors (Lipinski definition) is 1. The Kier molecular flexibility index (Phi) is 6.75. The maximum atomic E-state index is 13.5. The van der Waals surface area contributed by atoms with E-state index in [2.05, 4.69) is 10.4 Å². The molecule has 4 aromatic rings. The lowest BCUT2D eigenvalue weighted by Gasteiger charge is -2.16. The number of benzene rings is 3. The Morgan fingerprint density at radius 1 is 1.00 bits per heavy atom. The van der Waals surface area contributed by atoms with Crippen LogP contribution in [0, 0.1) is 5.82 Å². The summed E-state index contributed by atoms with van der Waals surface area (Å²) in [6.45, 7) is 0.746. The number of hydrogen-bond acceptors (Lipinski definition) is 4. The molecule has 36 heavy (non-hydrogen) atoms. The minimum absolute atomic E-state index is 0.0953. The van der Waals surface area contributed by atoms with Gasteiger partial charge in [-0.25, -0.2) is 9.07 Å². The predicted molar refractivity (Wildman–Crippen MR) is 134 cm³/mol. The second kappa shape index (κ2) is 10.4. The van der Waals surface area contributed by atoms with Crippen molar-refractivity contribution in [1.29, 1.82) is 0 Å². The third-order valence-electron chi connectivity index (χ3n) is 5.98. The van der Waals surface area contributed by atoms with Gasteiger partial charge in [0.15, 0.2) is 6.61 Å². The third-order valence-corrected chi connectivity index (χ3v) is 5.98. The summed E-state index contributed by atoms with van der Waals surface area (Å²) in [5, 5.41) is 7.56. The van der Waals surface area contributed by atoms with Crippen molar-refractivity contribution >= 4 is 17.5 Å². The fourth-order valence-corrected chi connectivity index (χ4v) is 4.16. The van der Waals surface area contributed by atoms with Crippen molar-refractivity contribution in [3.8, 4) is 22.7 Å². The zero-order valence-corrected chi connectivity index (χ0v) is 19.6. The molecule has 5 rings (SSSR count). The van der Waals surface area contributed by atoms with Gasteiger partial charge in [0.2, 0.25) is 5.91 Å². The molecule has 0 unspecified atom stereocenters. The van der Waals surface area contributed by atoms with Crippen LogP contribution in [0.25, 0.3) is 16.9 Å². The number of aromatic nitrogens is 2. The van der Waals surface area contributed by atoms with Crippen molar-refractivity contribution in [2.75, 3.05) is 18.1 Å². The Hall–Kier alpha value is -4.46. The Bertz CT molecular complexity index is 1370. The smallest absolute Gasteiger partial charge is 0.258 e. The highest BCUT2D eigenvalue weighted by Crippen LogP contribution is 2.26. The summed E-state index contributed by atoms with van der Waals surface area (Å²) in [4.78, 5) is 26.3. The fraction of sp³-hybridized carbons (Fsp3) is 0.179. The van der Waals surface area contributed by atoms with Crippen LogP contribution in [0.4, 0.5) is 10.1 Å². The van der Waals surface area contributed by atoms with Crippen LogP contribution in [0.5, 0.6) is 5.75 Å². The quantitative estimate of drug-likeness (QED) is 0.400. The first kappa shape index (κ1) is 23.3. The average Bonchev–Trinajstić information content (AvgIpc) is 3.54. The first-order chi connectivity index (χ1) is 17.6. The second-order valence-corrected chi connectivity index (χ2v) is 8.50. The number of carbonyl (C=O) groups excluding carboxylic acids is 2. The molecular formula is C28H25FN4O3. The van der Waals surface area contributed by atoms with E-state index in [0.29, 0.717) is 24.4 Å². The van der Waals surface area contributed by atoms with E-state index in [9.17, 15) is 14.0 Å². The summed E-state index contributed by atoms with van der Waals surface area (Å²) in [6, 6.07) is 22.9.